The van der Waals surface area contributed by atoms with E-state index in [0.717, 1.165) is 10.0 Å². The molecule has 0 heterocycles. The highest BCUT2D eigenvalue weighted by Crippen LogP contribution is 2.26. The van der Waals surface area contributed by atoms with Gasteiger partial charge in [-0.3, -0.25) is 4.39 Å². The molecule has 0 fully saturated rings. The topological polar surface area (TPSA) is 26.0 Å². The van der Waals surface area contributed by atoms with Gasteiger partial charge in [-0.1, -0.05) is 17.7 Å². The summed E-state index contributed by atoms with van der Waals surface area (Å²) in [5.41, 5.74) is 6.62. The van der Waals surface area contributed by atoms with Gasteiger partial charge in [0, 0.05) is 10.5 Å². The SMILES string of the molecule is Cl.N[C@@H](CCF)c1ccc(Cl)c(Br)c1. The first kappa shape index (κ1) is 14.2. The van der Waals surface area contributed by atoms with E-state index in [-0.39, 0.29) is 18.4 Å². The summed E-state index contributed by atoms with van der Waals surface area (Å²) in [5, 5.41) is 0.635. The number of benzene rings is 1. The molecular formula is C9H11BrCl2FN. The number of hydrogen-bond acceptors (Lipinski definition) is 1. The van der Waals surface area contributed by atoms with Gasteiger partial charge in [0.25, 0.3) is 0 Å². The molecular weight excluding hydrogens is 292 g/mol. The zero-order valence-electron chi connectivity index (χ0n) is 7.34. The second kappa shape index (κ2) is 6.62. The average Bonchev–Trinajstić information content (AvgIpc) is 2.10. The van der Waals surface area contributed by atoms with E-state index in [2.05, 4.69) is 15.9 Å². The average molecular weight is 303 g/mol. The van der Waals surface area contributed by atoms with E-state index >= 15 is 0 Å². The smallest absolute Gasteiger partial charge is 0.0912 e. The van der Waals surface area contributed by atoms with E-state index in [1.165, 1.54) is 0 Å². The first-order valence-corrected chi connectivity index (χ1v) is 5.08. The second-order valence-corrected chi connectivity index (χ2v) is 4.02. The van der Waals surface area contributed by atoms with Gasteiger partial charge in [-0.05, 0) is 40.0 Å². The molecule has 0 amide bonds. The summed E-state index contributed by atoms with van der Waals surface area (Å²) in [6.07, 6.45) is 0.341. The lowest BCUT2D eigenvalue weighted by Gasteiger charge is -2.10. The third-order valence-electron chi connectivity index (χ3n) is 1.79. The maximum absolute atomic E-state index is 12.0. The van der Waals surface area contributed by atoms with Crippen molar-refractivity contribution in [3.8, 4) is 0 Å². The van der Waals surface area contributed by atoms with E-state index in [1.807, 2.05) is 12.1 Å². The zero-order valence-corrected chi connectivity index (χ0v) is 10.5. The van der Waals surface area contributed by atoms with Crippen molar-refractivity contribution in [1.29, 1.82) is 0 Å². The van der Waals surface area contributed by atoms with Crippen molar-refractivity contribution in [1.82, 2.24) is 0 Å². The summed E-state index contributed by atoms with van der Waals surface area (Å²) in [6.45, 7) is -0.401. The van der Waals surface area contributed by atoms with E-state index in [0.29, 0.717) is 11.4 Å². The minimum atomic E-state index is -0.401. The van der Waals surface area contributed by atoms with Crippen LogP contribution in [0.4, 0.5) is 4.39 Å². The normalized spacial score (nSPS) is 12.0. The van der Waals surface area contributed by atoms with Crippen LogP contribution >= 0.6 is 39.9 Å². The first-order chi connectivity index (χ1) is 6.15. The van der Waals surface area contributed by atoms with Crippen LogP contribution in [0.1, 0.15) is 18.0 Å². The van der Waals surface area contributed by atoms with Crippen LogP contribution in [0.2, 0.25) is 5.02 Å². The highest BCUT2D eigenvalue weighted by atomic mass is 79.9. The quantitative estimate of drug-likeness (QED) is 0.901. The zero-order chi connectivity index (χ0) is 9.84. The van der Waals surface area contributed by atoms with Gasteiger partial charge in [-0.15, -0.1) is 12.4 Å². The molecule has 1 nitrogen and oxygen atoms in total. The van der Waals surface area contributed by atoms with Gasteiger partial charge in [-0.25, -0.2) is 0 Å². The molecule has 80 valence electrons. The fourth-order valence-corrected chi connectivity index (χ4v) is 1.54. The summed E-state index contributed by atoms with van der Waals surface area (Å²) in [7, 11) is 0. The van der Waals surface area contributed by atoms with E-state index in [9.17, 15) is 4.39 Å². The monoisotopic (exact) mass is 301 g/mol. The number of alkyl halides is 1. The molecule has 0 spiro atoms. The van der Waals surface area contributed by atoms with Gasteiger partial charge in [0.2, 0.25) is 0 Å². The summed E-state index contributed by atoms with van der Waals surface area (Å²) in [6, 6.07) is 5.13. The minimum absolute atomic E-state index is 0. The number of rotatable bonds is 3. The van der Waals surface area contributed by atoms with Gasteiger partial charge in [0.15, 0.2) is 0 Å². The maximum Gasteiger partial charge on any atom is 0.0912 e. The molecule has 0 bridgehead atoms. The Labute approximate surface area is 102 Å². The largest absolute Gasteiger partial charge is 0.324 e. The molecule has 1 atom stereocenters. The summed E-state index contributed by atoms with van der Waals surface area (Å²) < 4.78 is 12.8. The van der Waals surface area contributed by atoms with Crippen molar-refractivity contribution in [2.24, 2.45) is 5.73 Å². The predicted octanol–water partition coefficient (Wildman–Crippen LogP) is 3.88. The molecule has 5 heteroatoms. The first-order valence-electron chi connectivity index (χ1n) is 3.91. The molecule has 0 aromatic heterocycles. The lowest BCUT2D eigenvalue weighted by molar-refractivity contribution is 0.442. The Morgan fingerprint density at radius 3 is 2.64 bits per heavy atom. The summed E-state index contributed by atoms with van der Waals surface area (Å²) in [5.74, 6) is 0. The molecule has 2 N–H and O–H groups in total. The molecule has 0 radical (unpaired) electrons. The standard InChI is InChI=1S/C9H10BrClFN.ClH/c10-7-5-6(1-2-8(7)11)9(13)3-4-12;/h1-2,5,9H,3-4,13H2;1H/t9-;/m0./s1. The highest BCUT2D eigenvalue weighted by Gasteiger charge is 2.07. The number of hydrogen-bond donors (Lipinski definition) is 1. The number of halogens is 4. The Morgan fingerprint density at radius 1 is 1.50 bits per heavy atom. The number of nitrogens with two attached hydrogens (primary N) is 1. The van der Waals surface area contributed by atoms with Crippen molar-refractivity contribution in [3.05, 3.63) is 33.3 Å². The minimum Gasteiger partial charge on any atom is -0.324 e. The van der Waals surface area contributed by atoms with Crippen molar-refractivity contribution in [3.63, 3.8) is 0 Å². The van der Waals surface area contributed by atoms with Gasteiger partial charge >= 0.3 is 0 Å². The Hall–Kier alpha value is 0.170. The molecule has 0 saturated carbocycles. The van der Waals surface area contributed by atoms with E-state index in [1.54, 1.807) is 6.07 Å². The summed E-state index contributed by atoms with van der Waals surface area (Å²) >= 11 is 9.08. The van der Waals surface area contributed by atoms with E-state index in [4.69, 9.17) is 17.3 Å². The maximum atomic E-state index is 12.0. The Bertz CT molecular complexity index is 296. The van der Waals surface area contributed by atoms with Crippen LogP contribution in [-0.4, -0.2) is 6.67 Å². The molecule has 14 heavy (non-hydrogen) atoms. The van der Waals surface area contributed by atoms with Gasteiger partial charge in [-0.2, -0.15) is 0 Å². The third-order valence-corrected chi connectivity index (χ3v) is 3.01. The molecule has 0 aliphatic rings. The van der Waals surface area contributed by atoms with Gasteiger partial charge in [0.05, 0.1) is 11.7 Å². The van der Waals surface area contributed by atoms with Crippen molar-refractivity contribution in [2.75, 3.05) is 6.67 Å². The Morgan fingerprint density at radius 2 is 2.14 bits per heavy atom. The van der Waals surface area contributed by atoms with E-state index < -0.39 is 6.67 Å². The Kier molecular flexibility index (Phi) is 6.70. The summed E-state index contributed by atoms with van der Waals surface area (Å²) in [4.78, 5) is 0. The van der Waals surface area contributed by atoms with Crippen LogP contribution in [0.15, 0.2) is 22.7 Å². The molecule has 0 aliphatic carbocycles. The van der Waals surface area contributed by atoms with Crippen molar-refractivity contribution in [2.45, 2.75) is 12.5 Å². The molecule has 0 unspecified atom stereocenters. The van der Waals surface area contributed by atoms with Crippen LogP contribution < -0.4 is 5.73 Å². The van der Waals surface area contributed by atoms with Crippen LogP contribution in [0.25, 0.3) is 0 Å². The predicted molar refractivity (Wildman–Crippen MR) is 63.9 cm³/mol. The molecule has 1 aromatic carbocycles. The fraction of sp³-hybridized carbons (Fsp3) is 0.333. The molecule has 1 rings (SSSR count). The third kappa shape index (κ3) is 3.73. The fourth-order valence-electron chi connectivity index (χ4n) is 1.03. The Balaban J connectivity index is 0.00000169. The lowest BCUT2D eigenvalue weighted by Crippen LogP contribution is -2.10. The lowest BCUT2D eigenvalue weighted by atomic mass is 10.1. The molecule has 1 aromatic rings. The van der Waals surface area contributed by atoms with Gasteiger partial charge < -0.3 is 5.73 Å². The molecule has 0 aliphatic heterocycles. The second-order valence-electron chi connectivity index (χ2n) is 2.76. The highest BCUT2D eigenvalue weighted by molar-refractivity contribution is 9.10. The van der Waals surface area contributed by atoms with Crippen molar-refractivity contribution < 1.29 is 4.39 Å². The molecule has 0 saturated heterocycles. The van der Waals surface area contributed by atoms with Crippen LogP contribution in [0, 0.1) is 0 Å². The van der Waals surface area contributed by atoms with Crippen LogP contribution in [-0.2, 0) is 0 Å². The van der Waals surface area contributed by atoms with Crippen LogP contribution in [0.3, 0.4) is 0 Å². The van der Waals surface area contributed by atoms with Crippen LogP contribution in [0.5, 0.6) is 0 Å². The van der Waals surface area contributed by atoms with Crippen molar-refractivity contribution >= 4 is 39.9 Å². The van der Waals surface area contributed by atoms with Gasteiger partial charge in [0.1, 0.15) is 0 Å².